The number of carbonyl (C=O) groups excluding carboxylic acids is 3. The van der Waals surface area contributed by atoms with Crippen LogP contribution in [-0.4, -0.2) is 50.5 Å². The molecule has 1 saturated heterocycles. The summed E-state index contributed by atoms with van der Waals surface area (Å²) < 4.78 is 15.3. The van der Waals surface area contributed by atoms with E-state index in [1.54, 1.807) is 24.5 Å². The van der Waals surface area contributed by atoms with Gasteiger partial charge >= 0.3 is 11.8 Å². The summed E-state index contributed by atoms with van der Waals surface area (Å²) in [5.74, 6) is -2.43. The number of β-lactam (4-membered cyclic amide) rings is 1. The van der Waals surface area contributed by atoms with Gasteiger partial charge in [0.05, 0.1) is 0 Å². The standard InChI is InChI=1S/C39H33N5O8S2/c1-3-13-24-21-53-35-31(34(46)44(35)32(24)36(47)49-20-29-23(2)50-38(48)51-29)42-33(45)30(28-22-54-37(40)41-28)43-52-39(25-14-7-4-8-15-25,26-16-9-5-10-17-26)27-18-11-6-12-19-27/h3-19,22,31,35H,20-21H2,1-2H3,(H2,40,41)(H,42,45)/b13-3-,43-30-/t31?,35-/m1/s1. The Morgan fingerprint density at radius 3 is 2.13 bits per heavy atom. The Kier molecular flexibility index (Phi) is 10.3. The minimum absolute atomic E-state index is 0.0266. The lowest BCUT2D eigenvalue weighted by atomic mass is 9.80. The minimum atomic E-state index is -1.31. The van der Waals surface area contributed by atoms with Gasteiger partial charge in [-0.2, -0.15) is 0 Å². The second kappa shape index (κ2) is 15.4. The highest BCUT2D eigenvalue weighted by Crippen LogP contribution is 2.42. The van der Waals surface area contributed by atoms with Crippen LogP contribution in [0.1, 0.15) is 40.8 Å². The predicted octanol–water partition coefficient (Wildman–Crippen LogP) is 5.27. The van der Waals surface area contributed by atoms with Gasteiger partial charge < -0.3 is 29.5 Å². The number of amides is 2. The first-order chi connectivity index (χ1) is 26.2. The first-order valence-electron chi connectivity index (χ1n) is 16.7. The highest BCUT2D eigenvalue weighted by molar-refractivity contribution is 8.00. The van der Waals surface area contributed by atoms with Crippen LogP contribution < -0.4 is 16.9 Å². The number of aryl methyl sites for hydroxylation is 1. The number of hydrogen-bond donors (Lipinski definition) is 2. The maximum Gasteiger partial charge on any atom is 0.519 e. The fourth-order valence-corrected chi connectivity index (χ4v) is 8.13. The first kappa shape index (κ1) is 36.2. The number of thiazole rings is 1. The quantitative estimate of drug-likeness (QED) is 0.0556. The van der Waals surface area contributed by atoms with Crippen LogP contribution in [0.15, 0.2) is 139 Å². The number of anilines is 1. The van der Waals surface area contributed by atoms with Crippen molar-refractivity contribution in [2.24, 2.45) is 5.16 Å². The number of esters is 1. The van der Waals surface area contributed by atoms with E-state index in [-0.39, 0.29) is 40.4 Å². The van der Waals surface area contributed by atoms with E-state index >= 15 is 0 Å². The SMILES string of the molecule is C/C=C\C1=C(C(=O)OCc2oc(=O)oc2C)N2C(=O)C(NC(=O)/C(=N\OC(c3ccccc3)(c3ccccc3)c3ccccc3)c3csc(N)n3)[C@H]2SC1. The third-order valence-corrected chi connectivity index (χ3v) is 10.8. The molecule has 15 heteroatoms. The molecule has 1 fully saturated rings. The van der Waals surface area contributed by atoms with E-state index in [1.807, 2.05) is 91.0 Å². The number of ether oxygens (including phenoxy) is 1. The third-order valence-electron chi connectivity index (χ3n) is 8.81. The van der Waals surface area contributed by atoms with E-state index in [9.17, 15) is 19.2 Å². The zero-order valence-corrected chi connectivity index (χ0v) is 30.6. The molecule has 2 aliphatic rings. The van der Waals surface area contributed by atoms with Gasteiger partial charge in [-0.25, -0.2) is 14.6 Å². The van der Waals surface area contributed by atoms with Crippen LogP contribution in [0.3, 0.4) is 0 Å². The monoisotopic (exact) mass is 763 g/mol. The summed E-state index contributed by atoms with van der Waals surface area (Å²) in [6, 6.07) is 27.5. The summed E-state index contributed by atoms with van der Waals surface area (Å²) in [7, 11) is 0. The maximum atomic E-state index is 14.2. The van der Waals surface area contributed by atoms with Crippen LogP contribution in [0, 0.1) is 6.92 Å². The number of aromatic nitrogens is 1. The van der Waals surface area contributed by atoms with E-state index in [4.69, 9.17) is 24.1 Å². The number of benzene rings is 3. The van der Waals surface area contributed by atoms with Crippen LogP contribution >= 0.6 is 23.1 Å². The summed E-state index contributed by atoms with van der Waals surface area (Å²) in [5, 5.41) is 8.47. The number of carbonyl (C=O) groups is 3. The van der Waals surface area contributed by atoms with E-state index < -0.39 is 40.6 Å². The molecule has 3 N–H and O–H groups in total. The van der Waals surface area contributed by atoms with Gasteiger partial charge in [0.15, 0.2) is 29.0 Å². The van der Waals surface area contributed by atoms with Gasteiger partial charge in [0.2, 0.25) is 5.60 Å². The van der Waals surface area contributed by atoms with Crippen LogP contribution in [-0.2, 0) is 36.2 Å². The maximum absolute atomic E-state index is 14.2. The van der Waals surface area contributed by atoms with Gasteiger partial charge in [0, 0.05) is 27.8 Å². The Bertz CT molecular complexity index is 2240. The molecule has 0 saturated carbocycles. The number of thioether (sulfide) groups is 1. The average Bonchev–Trinajstić information content (AvgIpc) is 3.77. The second-order valence-corrected chi connectivity index (χ2v) is 14.1. The van der Waals surface area contributed by atoms with Crippen molar-refractivity contribution >= 4 is 51.7 Å². The van der Waals surface area contributed by atoms with Gasteiger partial charge in [-0.1, -0.05) is 108 Å². The van der Waals surface area contributed by atoms with Gasteiger partial charge in [0.1, 0.15) is 22.8 Å². The number of nitrogens with two attached hydrogens (primary N) is 1. The summed E-state index contributed by atoms with van der Waals surface area (Å²) in [5.41, 5.74) is 7.48. The number of fused-ring (bicyclic) bond motifs is 1. The molecule has 5 aromatic rings. The molecular weight excluding hydrogens is 731 g/mol. The highest BCUT2D eigenvalue weighted by atomic mass is 32.2. The molecule has 0 radical (unpaired) electrons. The van der Waals surface area contributed by atoms with Gasteiger partial charge in [0.25, 0.3) is 11.8 Å². The van der Waals surface area contributed by atoms with Gasteiger partial charge in [-0.15, -0.1) is 23.1 Å². The molecular formula is C39H33N5O8S2. The van der Waals surface area contributed by atoms with Gasteiger partial charge in [-0.3, -0.25) is 14.5 Å². The lowest BCUT2D eigenvalue weighted by Gasteiger charge is -2.49. The Hall–Kier alpha value is -6.19. The molecule has 3 aromatic carbocycles. The molecule has 1 unspecified atom stereocenters. The molecule has 0 spiro atoms. The summed E-state index contributed by atoms with van der Waals surface area (Å²) in [6.07, 6.45) is 3.46. The van der Waals surface area contributed by atoms with E-state index in [2.05, 4.69) is 15.5 Å². The molecule has 274 valence electrons. The summed E-state index contributed by atoms with van der Waals surface area (Å²) in [4.78, 5) is 65.2. The van der Waals surface area contributed by atoms with Crippen molar-refractivity contribution in [3.05, 3.63) is 164 Å². The predicted molar refractivity (Wildman–Crippen MR) is 202 cm³/mol. The average molecular weight is 764 g/mol. The van der Waals surface area contributed by atoms with Crippen molar-refractivity contribution in [1.29, 1.82) is 0 Å². The third kappa shape index (κ3) is 6.86. The molecule has 54 heavy (non-hydrogen) atoms. The molecule has 0 aliphatic carbocycles. The lowest BCUT2D eigenvalue weighted by Crippen LogP contribution is -2.71. The van der Waals surface area contributed by atoms with Crippen molar-refractivity contribution in [1.82, 2.24) is 15.2 Å². The minimum Gasteiger partial charge on any atom is -0.453 e. The largest absolute Gasteiger partial charge is 0.519 e. The number of allylic oxidation sites excluding steroid dienone is 2. The number of hydrogen-bond acceptors (Lipinski definition) is 13. The van der Waals surface area contributed by atoms with E-state index in [1.165, 1.54) is 23.6 Å². The number of nitrogens with one attached hydrogen (secondary N) is 1. The van der Waals surface area contributed by atoms with Crippen molar-refractivity contribution in [3.63, 3.8) is 0 Å². The number of nitrogen functional groups attached to an aromatic ring is 1. The lowest BCUT2D eigenvalue weighted by molar-refractivity contribution is -0.153. The fourth-order valence-electron chi connectivity index (χ4n) is 6.27. The zero-order valence-electron chi connectivity index (χ0n) is 29.0. The molecule has 4 heterocycles. The van der Waals surface area contributed by atoms with E-state index in [0.29, 0.717) is 11.3 Å². The topological polar surface area (TPSA) is 180 Å². The molecule has 2 aliphatic heterocycles. The molecule has 0 bridgehead atoms. The Morgan fingerprint density at radius 1 is 1.00 bits per heavy atom. The van der Waals surface area contributed by atoms with Crippen molar-refractivity contribution in [3.8, 4) is 0 Å². The van der Waals surface area contributed by atoms with Crippen molar-refractivity contribution in [2.75, 3.05) is 11.5 Å². The Balaban J connectivity index is 1.20. The Labute approximate surface area is 317 Å². The molecule has 2 amide bonds. The molecule has 13 nitrogen and oxygen atoms in total. The van der Waals surface area contributed by atoms with Crippen LogP contribution in [0.4, 0.5) is 5.13 Å². The smallest absolute Gasteiger partial charge is 0.453 e. The van der Waals surface area contributed by atoms with E-state index in [0.717, 1.165) is 28.0 Å². The van der Waals surface area contributed by atoms with Crippen LogP contribution in [0.5, 0.6) is 0 Å². The highest BCUT2D eigenvalue weighted by Gasteiger charge is 2.54. The van der Waals surface area contributed by atoms with Crippen LogP contribution in [0.2, 0.25) is 0 Å². The molecule has 7 rings (SSSR count). The molecule has 2 aromatic heterocycles. The second-order valence-electron chi connectivity index (χ2n) is 12.1. The Morgan fingerprint density at radius 2 is 1.61 bits per heavy atom. The normalized spacial score (nSPS) is 17.3. The molecule has 2 atom stereocenters. The summed E-state index contributed by atoms with van der Waals surface area (Å²) in [6.45, 7) is 2.91. The number of rotatable bonds is 12. The number of nitrogens with zero attached hydrogens (tertiary/aromatic N) is 3. The summed E-state index contributed by atoms with van der Waals surface area (Å²) >= 11 is 2.49. The van der Waals surface area contributed by atoms with Crippen LogP contribution in [0.25, 0.3) is 0 Å². The van der Waals surface area contributed by atoms with Crippen molar-refractivity contribution < 1.29 is 32.8 Å². The van der Waals surface area contributed by atoms with Gasteiger partial charge in [-0.05, 0) is 19.4 Å². The zero-order chi connectivity index (χ0) is 37.8. The first-order valence-corrected chi connectivity index (χ1v) is 18.7. The van der Waals surface area contributed by atoms with Crippen molar-refractivity contribution in [2.45, 2.75) is 37.5 Å². The fraction of sp³-hybridized carbons (Fsp3) is 0.179. The number of oxime groups is 1.